The number of methoxy groups -OCH3 is 1. The highest BCUT2D eigenvalue weighted by molar-refractivity contribution is 5.77. The standard InChI is InChI=1S/C17H25N3O3/c1-14(21)19-9-11-20(12-10-19)17(22)7-8-18-13-15-5-3-4-6-16(15)23-2/h3-6,18H,7-13H2,1-2H3. The SMILES string of the molecule is COc1ccccc1CNCCC(=O)N1CCN(C(C)=O)CC1. The van der Waals surface area contributed by atoms with Crippen LogP contribution < -0.4 is 10.1 Å². The molecule has 1 N–H and O–H groups in total. The van der Waals surface area contributed by atoms with E-state index < -0.39 is 0 Å². The van der Waals surface area contributed by atoms with Gasteiger partial charge < -0.3 is 19.9 Å². The second-order valence-corrected chi connectivity index (χ2v) is 5.63. The quantitative estimate of drug-likeness (QED) is 0.790. The number of hydrogen-bond acceptors (Lipinski definition) is 4. The molecule has 1 heterocycles. The molecule has 2 amide bonds. The highest BCUT2D eigenvalue weighted by atomic mass is 16.5. The van der Waals surface area contributed by atoms with Gasteiger partial charge in [0, 0.05) is 58.2 Å². The lowest BCUT2D eigenvalue weighted by atomic mass is 10.2. The molecule has 0 aliphatic carbocycles. The minimum Gasteiger partial charge on any atom is -0.496 e. The molecule has 6 nitrogen and oxygen atoms in total. The van der Waals surface area contributed by atoms with Gasteiger partial charge in [-0.1, -0.05) is 18.2 Å². The molecule has 0 saturated carbocycles. The Hall–Kier alpha value is -2.08. The Kier molecular flexibility index (Phi) is 6.40. The van der Waals surface area contributed by atoms with Crippen LogP contribution in [0.3, 0.4) is 0 Å². The van der Waals surface area contributed by atoms with Gasteiger partial charge in [0.2, 0.25) is 11.8 Å². The van der Waals surface area contributed by atoms with Gasteiger partial charge in [0.15, 0.2) is 0 Å². The van der Waals surface area contributed by atoms with Crippen LogP contribution in [0.5, 0.6) is 5.75 Å². The van der Waals surface area contributed by atoms with Crippen molar-refractivity contribution < 1.29 is 14.3 Å². The number of benzene rings is 1. The van der Waals surface area contributed by atoms with Crippen LogP contribution in [0, 0.1) is 0 Å². The maximum atomic E-state index is 12.2. The minimum absolute atomic E-state index is 0.0792. The summed E-state index contributed by atoms with van der Waals surface area (Å²) >= 11 is 0. The fourth-order valence-electron chi connectivity index (χ4n) is 2.70. The number of rotatable bonds is 6. The highest BCUT2D eigenvalue weighted by Gasteiger charge is 2.21. The third-order valence-corrected chi connectivity index (χ3v) is 4.10. The molecule has 1 saturated heterocycles. The Bertz CT molecular complexity index is 540. The van der Waals surface area contributed by atoms with E-state index in [1.165, 1.54) is 0 Å². The van der Waals surface area contributed by atoms with Crippen molar-refractivity contribution in [1.82, 2.24) is 15.1 Å². The zero-order chi connectivity index (χ0) is 16.7. The van der Waals surface area contributed by atoms with Crippen molar-refractivity contribution in [2.24, 2.45) is 0 Å². The van der Waals surface area contributed by atoms with E-state index in [1.54, 1.807) is 18.9 Å². The molecule has 6 heteroatoms. The van der Waals surface area contributed by atoms with Gasteiger partial charge in [0.1, 0.15) is 5.75 Å². The Labute approximate surface area is 137 Å². The maximum absolute atomic E-state index is 12.2. The molecule has 0 unspecified atom stereocenters. The van der Waals surface area contributed by atoms with Gasteiger partial charge in [-0.15, -0.1) is 0 Å². The van der Waals surface area contributed by atoms with E-state index in [1.807, 2.05) is 29.2 Å². The topological polar surface area (TPSA) is 61.9 Å². The number of ether oxygens (including phenoxy) is 1. The van der Waals surface area contributed by atoms with Gasteiger partial charge in [-0.3, -0.25) is 9.59 Å². The Balaban J connectivity index is 1.68. The fourth-order valence-corrected chi connectivity index (χ4v) is 2.70. The van der Waals surface area contributed by atoms with Gasteiger partial charge in [-0.2, -0.15) is 0 Å². The van der Waals surface area contributed by atoms with Gasteiger partial charge >= 0.3 is 0 Å². The average Bonchev–Trinajstić information content (AvgIpc) is 2.59. The Morgan fingerprint density at radius 3 is 2.43 bits per heavy atom. The molecule has 126 valence electrons. The lowest BCUT2D eigenvalue weighted by Gasteiger charge is -2.34. The van der Waals surface area contributed by atoms with E-state index in [2.05, 4.69) is 5.32 Å². The van der Waals surface area contributed by atoms with Gasteiger partial charge in [-0.25, -0.2) is 0 Å². The van der Waals surface area contributed by atoms with E-state index in [-0.39, 0.29) is 11.8 Å². The van der Waals surface area contributed by atoms with Crippen molar-refractivity contribution in [1.29, 1.82) is 0 Å². The molecule has 1 aromatic carbocycles. The second-order valence-electron chi connectivity index (χ2n) is 5.63. The molecular formula is C17H25N3O3. The first kappa shape index (κ1) is 17.3. The molecule has 23 heavy (non-hydrogen) atoms. The predicted octanol–water partition coefficient (Wildman–Crippen LogP) is 0.866. The molecule has 0 spiro atoms. The molecule has 0 aromatic heterocycles. The molecule has 1 aromatic rings. The summed E-state index contributed by atoms with van der Waals surface area (Å²) in [6.45, 7) is 5.40. The minimum atomic E-state index is 0.0792. The van der Waals surface area contributed by atoms with E-state index in [4.69, 9.17) is 4.74 Å². The zero-order valence-electron chi connectivity index (χ0n) is 13.9. The van der Waals surface area contributed by atoms with Gasteiger partial charge in [-0.05, 0) is 6.07 Å². The average molecular weight is 319 g/mol. The Morgan fingerprint density at radius 1 is 1.13 bits per heavy atom. The molecule has 2 rings (SSSR count). The van der Waals surface area contributed by atoms with Gasteiger partial charge in [0.05, 0.1) is 7.11 Å². The summed E-state index contributed by atoms with van der Waals surface area (Å²) in [7, 11) is 1.66. The molecule has 1 aliphatic rings. The largest absolute Gasteiger partial charge is 0.496 e. The van der Waals surface area contributed by atoms with E-state index in [9.17, 15) is 9.59 Å². The van der Waals surface area contributed by atoms with Crippen molar-refractivity contribution >= 4 is 11.8 Å². The van der Waals surface area contributed by atoms with Gasteiger partial charge in [0.25, 0.3) is 0 Å². The van der Waals surface area contributed by atoms with Crippen LogP contribution in [0.1, 0.15) is 18.9 Å². The van der Waals surface area contributed by atoms with E-state index in [0.29, 0.717) is 45.7 Å². The summed E-state index contributed by atoms with van der Waals surface area (Å²) in [4.78, 5) is 27.1. The number of nitrogens with one attached hydrogen (secondary N) is 1. The summed E-state index contributed by atoms with van der Waals surface area (Å²) in [5.74, 6) is 1.07. The zero-order valence-corrected chi connectivity index (χ0v) is 13.9. The number of carbonyl (C=O) groups excluding carboxylic acids is 2. The molecule has 1 aliphatic heterocycles. The van der Waals surface area contributed by atoms with Crippen LogP contribution in [0.15, 0.2) is 24.3 Å². The molecule has 1 fully saturated rings. The second kappa shape index (κ2) is 8.53. The van der Waals surface area contributed by atoms with E-state index in [0.717, 1.165) is 11.3 Å². The van der Waals surface area contributed by atoms with Crippen LogP contribution in [-0.4, -0.2) is 61.4 Å². The van der Waals surface area contributed by atoms with Crippen LogP contribution in [0.2, 0.25) is 0 Å². The predicted molar refractivity (Wildman–Crippen MR) is 88.2 cm³/mol. The van der Waals surface area contributed by atoms with Crippen molar-refractivity contribution in [2.45, 2.75) is 19.9 Å². The van der Waals surface area contributed by atoms with E-state index >= 15 is 0 Å². The summed E-state index contributed by atoms with van der Waals surface area (Å²) in [6.07, 6.45) is 0.467. The van der Waals surface area contributed by atoms with Crippen molar-refractivity contribution in [3.8, 4) is 5.75 Å². The monoisotopic (exact) mass is 319 g/mol. The lowest BCUT2D eigenvalue weighted by Crippen LogP contribution is -2.50. The molecule has 0 bridgehead atoms. The van der Waals surface area contributed by atoms with Crippen LogP contribution in [0.25, 0.3) is 0 Å². The first-order valence-electron chi connectivity index (χ1n) is 7.97. The number of hydrogen-bond donors (Lipinski definition) is 1. The maximum Gasteiger partial charge on any atom is 0.223 e. The molecule has 0 radical (unpaired) electrons. The first-order chi connectivity index (χ1) is 11.1. The molecular weight excluding hydrogens is 294 g/mol. The van der Waals surface area contributed by atoms with Crippen molar-refractivity contribution in [3.63, 3.8) is 0 Å². The fraction of sp³-hybridized carbons (Fsp3) is 0.529. The summed E-state index contributed by atoms with van der Waals surface area (Å²) < 4.78 is 5.30. The number of carbonyl (C=O) groups is 2. The summed E-state index contributed by atoms with van der Waals surface area (Å²) in [5.41, 5.74) is 1.08. The number of nitrogens with zero attached hydrogens (tertiary/aromatic N) is 2. The van der Waals surface area contributed by atoms with Crippen LogP contribution >= 0.6 is 0 Å². The third-order valence-electron chi connectivity index (χ3n) is 4.10. The normalized spacial score (nSPS) is 14.7. The summed E-state index contributed by atoms with van der Waals surface area (Å²) in [6, 6.07) is 7.84. The first-order valence-corrected chi connectivity index (χ1v) is 7.97. The summed E-state index contributed by atoms with van der Waals surface area (Å²) in [5, 5.41) is 3.28. The Morgan fingerprint density at radius 2 is 1.78 bits per heavy atom. The van der Waals surface area contributed by atoms with Crippen molar-refractivity contribution in [2.75, 3.05) is 39.8 Å². The molecule has 0 atom stereocenters. The third kappa shape index (κ3) is 4.96. The van der Waals surface area contributed by atoms with Crippen LogP contribution in [0.4, 0.5) is 0 Å². The van der Waals surface area contributed by atoms with Crippen molar-refractivity contribution in [3.05, 3.63) is 29.8 Å². The van der Waals surface area contributed by atoms with Crippen LogP contribution in [-0.2, 0) is 16.1 Å². The number of amides is 2. The highest BCUT2D eigenvalue weighted by Crippen LogP contribution is 2.16. The number of para-hydroxylation sites is 1. The lowest BCUT2D eigenvalue weighted by molar-refractivity contribution is -0.138. The number of piperazine rings is 1. The smallest absolute Gasteiger partial charge is 0.223 e.